The highest BCUT2D eigenvalue weighted by Crippen LogP contribution is 2.27. The largest absolute Gasteiger partial charge is 0.484 e. The lowest BCUT2D eigenvalue weighted by atomic mass is 10.1. The Kier molecular flexibility index (Phi) is 5.16. The maximum Gasteiger partial charge on any atom is 0.422 e. The number of anilines is 1. The third kappa shape index (κ3) is 4.56. The van der Waals surface area contributed by atoms with Crippen molar-refractivity contribution in [3.05, 3.63) is 76.3 Å². The molecule has 9 heteroatoms. The number of nitrogens with one attached hydrogen (secondary N) is 1. The molecule has 0 aliphatic heterocycles. The van der Waals surface area contributed by atoms with Crippen LogP contribution in [0.2, 0.25) is 0 Å². The van der Waals surface area contributed by atoms with Crippen LogP contribution in [-0.4, -0.2) is 23.6 Å². The van der Waals surface area contributed by atoms with Crippen molar-refractivity contribution in [2.45, 2.75) is 6.18 Å². The standard InChI is InChI=1S/C19H13F3N2O4/c20-19(21,22)11-28-15-7-8-17(24(26)27)16(10-15)18(25)23-14-6-5-12-3-1-2-4-13(12)9-14/h1-10H,11H2,(H,23,25). The monoisotopic (exact) mass is 390 g/mol. The van der Waals surface area contributed by atoms with Gasteiger partial charge in [-0.15, -0.1) is 0 Å². The number of benzene rings is 3. The first kappa shape index (κ1) is 19.2. The van der Waals surface area contributed by atoms with Crippen LogP contribution in [0.4, 0.5) is 24.5 Å². The van der Waals surface area contributed by atoms with E-state index in [1.807, 2.05) is 24.3 Å². The zero-order valence-electron chi connectivity index (χ0n) is 14.2. The second-order valence-electron chi connectivity index (χ2n) is 5.86. The van der Waals surface area contributed by atoms with E-state index < -0.39 is 34.9 Å². The molecular formula is C19H13F3N2O4. The number of rotatable bonds is 5. The van der Waals surface area contributed by atoms with Crippen LogP contribution >= 0.6 is 0 Å². The summed E-state index contributed by atoms with van der Waals surface area (Å²) in [7, 11) is 0. The summed E-state index contributed by atoms with van der Waals surface area (Å²) in [5, 5.41) is 15.5. The van der Waals surface area contributed by atoms with Crippen molar-refractivity contribution in [2.24, 2.45) is 0 Å². The van der Waals surface area contributed by atoms with Crippen molar-refractivity contribution in [3.8, 4) is 5.75 Å². The summed E-state index contributed by atoms with van der Waals surface area (Å²) in [4.78, 5) is 22.9. The number of nitrogens with zero attached hydrogens (tertiary/aromatic N) is 1. The highest BCUT2D eigenvalue weighted by molar-refractivity contribution is 6.08. The number of hydrogen-bond acceptors (Lipinski definition) is 4. The lowest BCUT2D eigenvalue weighted by Gasteiger charge is -2.11. The molecule has 0 aliphatic carbocycles. The summed E-state index contributed by atoms with van der Waals surface area (Å²) >= 11 is 0. The van der Waals surface area contributed by atoms with E-state index in [4.69, 9.17) is 0 Å². The van der Waals surface area contributed by atoms with Gasteiger partial charge in [0.15, 0.2) is 6.61 Å². The molecule has 0 heterocycles. The summed E-state index contributed by atoms with van der Waals surface area (Å²) in [5.41, 5.74) is -0.560. The van der Waals surface area contributed by atoms with Crippen LogP contribution in [0.5, 0.6) is 5.75 Å². The van der Waals surface area contributed by atoms with Crippen LogP contribution in [0.1, 0.15) is 10.4 Å². The number of carbonyl (C=O) groups excluding carboxylic acids is 1. The van der Waals surface area contributed by atoms with Crippen molar-refractivity contribution in [2.75, 3.05) is 11.9 Å². The van der Waals surface area contributed by atoms with Crippen molar-refractivity contribution < 1.29 is 27.6 Å². The van der Waals surface area contributed by atoms with Gasteiger partial charge in [-0.05, 0) is 35.0 Å². The Balaban J connectivity index is 1.88. The van der Waals surface area contributed by atoms with Crippen molar-refractivity contribution in [3.63, 3.8) is 0 Å². The lowest BCUT2D eigenvalue weighted by molar-refractivity contribution is -0.385. The maximum atomic E-state index is 12.5. The van der Waals surface area contributed by atoms with Crippen molar-refractivity contribution >= 4 is 28.1 Å². The fourth-order valence-corrected chi connectivity index (χ4v) is 2.58. The van der Waals surface area contributed by atoms with Gasteiger partial charge in [0.1, 0.15) is 11.3 Å². The number of nitro benzene ring substituents is 1. The molecule has 0 saturated carbocycles. The van der Waals surface area contributed by atoms with Gasteiger partial charge in [-0.25, -0.2) is 0 Å². The SMILES string of the molecule is O=C(Nc1ccc2ccccc2c1)c1cc(OCC(F)(F)F)ccc1[N+](=O)[O-]. The molecule has 28 heavy (non-hydrogen) atoms. The van der Waals surface area contributed by atoms with Gasteiger partial charge in [0, 0.05) is 11.8 Å². The highest BCUT2D eigenvalue weighted by Gasteiger charge is 2.29. The molecule has 1 amide bonds. The molecule has 0 bridgehead atoms. The van der Waals surface area contributed by atoms with Gasteiger partial charge < -0.3 is 10.1 Å². The number of amides is 1. The van der Waals surface area contributed by atoms with Gasteiger partial charge in [0.25, 0.3) is 11.6 Å². The Morgan fingerprint density at radius 1 is 1.04 bits per heavy atom. The molecule has 0 aliphatic rings. The van der Waals surface area contributed by atoms with E-state index in [2.05, 4.69) is 10.1 Å². The van der Waals surface area contributed by atoms with E-state index in [1.54, 1.807) is 18.2 Å². The molecule has 0 fully saturated rings. The van der Waals surface area contributed by atoms with Gasteiger partial charge >= 0.3 is 6.18 Å². The number of ether oxygens (including phenoxy) is 1. The molecule has 144 valence electrons. The van der Waals surface area contributed by atoms with Gasteiger partial charge in [-0.1, -0.05) is 30.3 Å². The first-order valence-electron chi connectivity index (χ1n) is 8.01. The van der Waals surface area contributed by atoms with Crippen LogP contribution in [0.3, 0.4) is 0 Å². The average Bonchev–Trinajstić information content (AvgIpc) is 2.65. The van der Waals surface area contributed by atoms with E-state index >= 15 is 0 Å². The number of nitro groups is 1. The molecular weight excluding hydrogens is 377 g/mol. The summed E-state index contributed by atoms with van der Waals surface area (Å²) in [6.45, 7) is -1.57. The minimum atomic E-state index is -4.57. The van der Waals surface area contributed by atoms with E-state index in [1.165, 1.54) is 0 Å². The van der Waals surface area contributed by atoms with Gasteiger partial charge in [-0.3, -0.25) is 14.9 Å². The third-order valence-corrected chi connectivity index (χ3v) is 3.82. The fraction of sp³-hybridized carbons (Fsp3) is 0.105. The first-order chi connectivity index (χ1) is 13.2. The van der Waals surface area contributed by atoms with E-state index in [-0.39, 0.29) is 5.75 Å². The Hall–Kier alpha value is -3.62. The van der Waals surface area contributed by atoms with Crippen LogP contribution in [-0.2, 0) is 0 Å². The number of alkyl halides is 3. The Morgan fingerprint density at radius 3 is 2.43 bits per heavy atom. The quantitative estimate of drug-likeness (QED) is 0.494. The molecule has 3 rings (SSSR count). The van der Waals surface area contributed by atoms with Crippen LogP contribution in [0.25, 0.3) is 10.8 Å². The van der Waals surface area contributed by atoms with E-state index in [9.17, 15) is 28.1 Å². The molecule has 0 aromatic heterocycles. The molecule has 0 saturated heterocycles. The summed E-state index contributed by atoms with van der Waals surface area (Å²) in [6.07, 6.45) is -4.57. The first-order valence-corrected chi connectivity index (χ1v) is 8.01. The molecule has 0 spiro atoms. The molecule has 0 unspecified atom stereocenters. The summed E-state index contributed by atoms with van der Waals surface area (Å²) in [5.74, 6) is -1.13. The predicted molar refractivity (Wildman–Crippen MR) is 96.5 cm³/mol. The van der Waals surface area contributed by atoms with Crippen LogP contribution < -0.4 is 10.1 Å². The predicted octanol–water partition coefficient (Wildman–Crippen LogP) is 4.94. The van der Waals surface area contributed by atoms with Gasteiger partial charge in [-0.2, -0.15) is 13.2 Å². The van der Waals surface area contributed by atoms with Gasteiger partial charge in [0.2, 0.25) is 0 Å². The number of hydrogen-bond donors (Lipinski definition) is 1. The normalized spacial score (nSPS) is 11.2. The molecule has 0 atom stereocenters. The summed E-state index contributed by atoms with van der Waals surface area (Å²) in [6, 6.07) is 15.3. The zero-order chi connectivity index (χ0) is 20.3. The Bertz CT molecular complexity index is 1050. The smallest absolute Gasteiger partial charge is 0.422 e. The Labute approximate surface area is 156 Å². The second kappa shape index (κ2) is 7.55. The second-order valence-corrected chi connectivity index (χ2v) is 5.86. The lowest BCUT2D eigenvalue weighted by Crippen LogP contribution is -2.20. The fourth-order valence-electron chi connectivity index (χ4n) is 2.58. The van der Waals surface area contributed by atoms with E-state index in [0.29, 0.717) is 5.69 Å². The minimum Gasteiger partial charge on any atom is -0.484 e. The molecule has 3 aromatic rings. The average molecular weight is 390 g/mol. The topological polar surface area (TPSA) is 81.5 Å². The number of halogens is 3. The number of fused-ring (bicyclic) bond motifs is 1. The number of carbonyl (C=O) groups is 1. The van der Waals surface area contributed by atoms with Crippen LogP contribution in [0, 0.1) is 10.1 Å². The zero-order valence-corrected chi connectivity index (χ0v) is 14.2. The van der Waals surface area contributed by atoms with Crippen LogP contribution in [0.15, 0.2) is 60.7 Å². The summed E-state index contributed by atoms with van der Waals surface area (Å²) < 4.78 is 41.5. The molecule has 0 radical (unpaired) electrons. The third-order valence-electron chi connectivity index (χ3n) is 3.82. The van der Waals surface area contributed by atoms with E-state index in [0.717, 1.165) is 29.0 Å². The molecule has 6 nitrogen and oxygen atoms in total. The maximum absolute atomic E-state index is 12.5. The van der Waals surface area contributed by atoms with Gasteiger partial charge in [0.05, 0.1) is 4.92 Å². The van der Waals surface area contributed by atoms with Crippen molar-refractivity contribution in [1.29, 1.82) is 0 Å². The Morgan fingerprint density at radius 2 is 1.75 bits per heavy atom. The highest BCUT2D eigenvalue weighted by atomic mass is 19.4. The molecule has 3 aromatic carbocycles. The molecule has 1 N–H and O–H groups in total. The van der Waals surface area contributed by atoms with Crippen molar-refractivity contribution in [1.82, 2.24) is 0 Å². The minimum absolute atomic E-state index is 0.299.